The Bertz CT molecular complexity index is 1290. The zero-order valence-corrected chi connectivity index (χ0v) is 21.2. The number of alkyl halides is 3. The first-order chi connectivity index (χ1) is 18.7. The molecule has 2 saturated heterocycles. The van der Waals surface area contributed by atoms with Crippen LogP contribution in [0.1, 0.15) is 71.6 Å². The molecule has 0 bridgehead atoms. The minimum atomic E-state index is -4.44. The van der Waals surface area contributed by atoms with Crippen LogP contribution >= 0.6 is 0 Å². The molecule has 6 rings (SSSR count). The number of nitrogens with one attached hydrogen (secondary N) is 1. The molecule has 39 heavy (non-hydrogen) atoms. The van der Waals surface area contributed by atoms with Gasteiger partial charge in [-0.05, 0) is 61.1 Å². The number of halogens is 3. The summed E-state index contributed by atoms with van der Waals surface area (Å²) in [6.07, 6.45) is 1.40. The van der Waals surface area contributed by atoms with Gasteiger partial charge in [0.15, 0.2) is 0 Å². The highest BCUT2D eigenvalue weighted by molar-refractivity contribution is 6.05. The quantitative estimate of drug-likeness (QED) is 0.580. The van der Waals surface area contributed by atoms with Gasteiger partial charge in [-0.3, -0.25) is 29.6 Å². The zero-order valence-electron chi connectivity index (χ0n) is 21.2. The number of aromatic nitrogens is 1. The molecular weight excluding hydrogens is 513 g/mol. The van der Waals surface area contributed by atoms with E-state index in [0.29, 0.717) is 24.3 Å². The molecule has 3 atom stereocenters. The molecule has 1 aromatic heterocycles. The Hall–Kier alpha value is -3.47. The van der Waals surface area contributed by atoms with E-state index >= 15 is 0 Å². The van der Waals surface area contributed by atoms with Gasteiger partial charge in [0.25, 0.3) is 5.91 Å². The summed E-state index contributed by atoms with van der Waals surface area (Å²) in [6, 6.07) is 7.52. The lowest BCUT2D eigenvalue weighted by Gasteiger charge is -2.48. The fraction of sp³-hybridized carbons (Fsp3) is 0.500. The van der Waals surface area contributed by atoms with E-state index in [1.54, 1.807) is 12.1 Å². The molecule has 8 nitrogen and oxygen atoms in total. The van der Waals surface area contributed by atoms with Crippen LogP contribution in [0.3, 0.4) is 0 Å². The molecule has 2 aromatic rings. The third-order valence-corrected chi connectivity index (χ3v) is 8.38. The van der Waals surface area contributed by atoms with Gasteiger partial charge >= 0.3 is 6.18 Å². The van der Waals surface area contributed by atoms with Gasteiger partial charge in [0.1, 0.15) is 23.6 Å². The normalized spacial score (nSPS) is 26.3. The molecule has 0 spiro atoms. The first-order valence-corrected chi connectivity index (χ1v) is 13.4. The smallest absolute Gasteiger partial charge is 0.433 e. The molecule has 4 heterocycles. The molecule has 0 radical (unpaired) electrons. The summed E-state index contributed by atoms with van der Waals surface area (Å²) in [6.45, 7) is 1.79. The number of carbonyl (C=O) groups is 3. The van der Waals surface area contributed by atoms with Crippen LogP contribution < -0.4 is 10.1 Å². The highest BCUT2D eigenvalue weighted by Crippen LogP contribution is 2.37. The molecule has 11 heteroatoms. The van der Waals surface area contributed by atoms with Gasteiger partial charge in [-0.2, -0.15) is 13.2 Å². The number of piperidine rings is 1. The van der Waals surface area contributed by atoms with Crippen molar-refractivity contribution >= 4 is 17.7 Å². The van der Waals surface area contributed by atoms with Crippen molar-refractivity contribution in [1.29, 1.82) is 0 Å². The Balaban J connectivity index is 1.09. The number of fused-ring (bicyclic) bond motifs is 1. The van der Waals surface area contributed by atoms with Crippen molar-refractivity contribution < 1.29 is 32.3 Å². The van der Waals surface area contributed by atoms with Crippen molar-refractivity contribution in [1.82, 2.24) is 20.1 Å². The highest BCUT2D eigenvalue weighted by atomic mass is 19.4. The highest BCUT2D eigenvalue weighted by Gasteiger charge is 2.41. The Morgan fingerprint density at radius 3 is 2.51 bits per heavy atom. The molecule has 3 fully saturated rings. The number of benzene rings is 1. The number of imide groups is 1. The summed E-state index contributed by atoms with van der Waals surface area (Å²) in [7, 11) is 0. The van der Waals surface area contributed by atoms with Gasteiger partial charge < -0.3 is 9.64 Å². The van der Waals surface area contributed by atoms with E-state index in [1.807, 2.05) is 6.07 Å². The van der Waals surface area contributed by atoms with Crippen molar-refractivity contribution in [3.8, 4) is 5.75 Å². The van der Waals surface area contributed by atoms with Crippen LogP contribution in [0.5, 0.6) is 5.75 Å². The summed E-state index contributed by atoms with van der Waals surface area (Å²) in [4.78, 5) is 44.3. The summed E-state index contributed by atoms with van der Waals surface area (Å²) in [5.41, 5.74) is 1.28. The number of amides is 3. The number of nitrogens with zero attached hydrogens (tertiary/aromatic N) is 3. The van der Waals surface area contributed by atoms with E-state index in [0.717, 1.165) is 56.0 Å². The molecule has 0 unspecified atom stereocenters. The molecule has 1 aliphatic carbocycles. The largest absolute Gasteiger partial charge is 0.489 e. The lowest BCUT2D eigenvalue weighted by atomic mass is 9.84. The Kier molecular flexibility index (Phi) is 6.57. The molecule has 4 aliphatic rings. The van der Waals surface area contributed by atoms with E-state index < -0.39 is 23.8 Å². The second-order valence-corrected chi connectivity index (χ2v) is 10.9. The number of hydrogen-bond donors (Lipinski definition) is 1. The third-order valence-electron chi connectivity index (χ3n) is 8.38. The fourth-order valence-corrected chi connectivity index (χ4v) is 6.24. The van der Waals surface area contributed by atoms with E-state index in [4.69, 9.17) is 4.74 Å². The van der Waals surface area contributed by atoms with Gasteiger partial charge in [-0.15, -0.1) is 0 Å². The van der Waals surface area contributed by atoms with Crippen LogP contribution in [-0.2, 0) is 22.3 Å². The Labute approximate surface area is 223 Å². The standard InChI is InChI=1S/C28H29F3N4O4/c29-28(30,31)24-9-5-16(12-32-24)18-13-34(14-18)21-3-1-2-4-23(21)39-19-6-7-20-17(11-19)15-35(27(20)38)22-8-10-25(36)33-26(22)37/h5-7,9,11-12,18,21-23H,1-4,8,10,13-15H2,(H,33,36,37)/t21-,22-,23-/m1/s1. The van der Waals surface area contributed by atoms with Gasteiger partial charge in [-0.1, -0.05) is 12.5 Å². The lowest BCUT2D eigenvalue weighted by molar-refractivity contribution is -0.141. The van der Waals surface area contributed by atoms with Crippen LogP contribution in [0.2, 0.25) is 0 Å². The Morgan fingerprint density at radius 1 is 1.00 bits per heavy atom. The van der Waals surface area contributed by atoms with Gasteiger partial charge in [-0.25, -0.2) is 0 Å². The topological polar surface area (TPSA) is 91.8 Å². The molecule has 3 amide bonds. The maximum Gasteiger partial charge on any atom is 0.433 e. The minimum absolute atomic E-state index is 0.0353. The summed E-state index contributed by atoms with van der Waals surface area (Å²) in [5.74, 6) is -0.151. The molecule has 1 N–H and O–H groups in total. The van der Waals surface area contributed by atoms with Crippen LogP contribution in [-0.4, -0.2) is 63.8 Å². The van der Waals surface area contributed by atoms with Crippen LogP contribution in [0, 0.1) is 0 Å². The number of carbonyl (C=O) groups excluding carboxylic acids is 3. The maximum absolute atomic E-state index is 13.0. The third kappa shape index (κ3) is 4.99. The molecule has 3 aliphatic heterocycles. The minimum Gasteiger partial charge on any atom is -0.489 e. The number of ether oxygens (including phenoxy) is 1. The summed E-state index contributed by atoms with van der Waals surface area (Å²) in [5, 5.41) is 2.32. The predicted molar refractivity (Wildman–Crippen MR) is 133 cm³/mol. The molecule has 206 valence electrons. The SMILES string of the molecule is O=C1CC[C@@H](N2Cc3cc(O[C@@H]4CCCC[C@H]4N4CC(c5ccc(C(F)(F)F)nc5)C4)ccc3C2=O)C(=O)N1. The summed E-state index contributed by atoms with van der Waals surface area (Å²) < 4.78 is 45.0. The van der Waals surface area contributed by atoms with Gasteiger partial charge in [0.2, 0.25) is 11.8 Å². The summed E-state index contributed by atoms with van der Waals surface area (Å²) >= 11 is 0. The van der Waals surface area contributed by atoms with Gasteiger partial charge in [0.05, 0.1) is 0 Å². The van der Waals surface area contributed by atoms with Crippen molar-refractivity contribution in [2.24, 2.45) is 0 Å². The number of hydrogen-bond acceptors (Lipinski definition) is 6. The average molecular weight is 543 g/mol. The molecular formula is C28H29F3N4O4. The van der Waals surface area contributed by atoms with E-state index in [-0.39, 0.29) is 36.3 Å². The number of pyridine rings is 1. The van der Waals surface area contributed by atoms with Crippen molar-refractivity contribution in [2.45, 2.75) is 75.4 Å². The molecule has 1 saturated carbocycles. The molecule has 1 aromatic carbocycles. The van der Waals surface area contributed by atoms with Gasteiger partial charge in [0, 0.05) is 49.8 Å². The predicted octanol–water partition coefficient (Wildman–Crippen LogP) is 3.65. The van der Waals surface area contributed by atoms with Crippen LogP contribution in [0.25, 0.3) is 0 Å². The first kappa shape index (κ1) is 25.8. The monoisotopic (exact) mass is 542 g/mol. The van der Waals surface area contributed by atoms with Crippen LogP contribution in [0.4, 0.5) is 13.2 Å². The second-order valence-electron chi connectivity index (χ2n) is 10.9. The lowest BCUT2D eigenvalue weighted by Crippen LogP contribution is -2.57. The van der Waals surface area contributed by atoms with Crippen molar-refractivity contribution in [3.63, 3.8) is 0 Å². The average Bonchev–Trinajstić information content (AvgIpc) is 3.19. The fourth-order valence-electron chi connectivity index (χ4n) is 6.24. The second kappa shape index (κ2) is 9.93. The first-order valence-electron chi connectivity index (χ1n) is 13.4. The zero-order chi connectivity index (χ0) is 27.3. The van der Waals surface area contributed by atoms with Crippen molar-refractivity contribution in [2.75, 3.05) is 13.1 Å². The van der Waals surface area contributed by atoms with Crippen molar-refractivity contribution in [3.05, 3.63) is 58.9 Å². The Morgan fingerprint density at radius 2 is 1.79 bits per heavy atom. The maximum atomic E-state index is 13.0. The number of rotatable bonds is 5. The number of likely N-dealkylation sites (tertiary alicyclic amines) is 1. The van der Waals surface area contributed by atoms with E-state index in [1.165, 1.54) is 17.2 Å². The van der Waals surface area contributed by atoms with E-state index in [9.17, 15) is 27.6 Å². The van der Waals surface area contributed by atoms with Crippen LogP contribution in [0.15, 0.2) is 36.5 Å². The van der Waals surface area contributed by atoms with E-state index in [2.05, 4.69) is 15.2 Å².